The van der Waals surface area contributed by atoms with Crippen molar-refractivity contribution in [2.24, 2.45) is 5.14 Å². The van der Waals surface area contributed by atoms with E-state index in [1.165, 1.54) is 12.1 Å². The number of carbonyl (C=O) groups excluding carboxylic acids is 3. The molecule has 2 aromatic rings. The Morgan fingerprint density at radius 2 is 1.97 bits per heavy atom. The molecule has 12 heteroatoms. The van der Waals surface area contributed by atoms with Crippen LogP contribution in [0.5, 0.6) is 0 Å². The lowest BCUT2D eigenvalue weighted by Gasteiger charge is -2.30. The zero-order valence-electron chi connectivity index (χ0n) is 19.1. The second-order valence-corrected chi connectivity index (χ2v) is 10.4. The average molecular weight is 492 g/mol. The predicted octanol–water partition coefficient (Wildman–Crippen LogP) is 1.78. The van der Waals surface area contributed by atoms with Crippen molar-refractivity contribution in [1.82, 2.24) is 19.8 Å². The van der Waals surface area contributed by atoms with E-state index in [1.807, 2.05) is 11.5 Å². The van der Waals surface area contributed by atoms with Gasteiger partial charge in [0.1, 0.15) is 24.5 Å². The number of amides is 3. The van der Waals surface area contributed by atoms with Crippen LogP contribution < -0.4 is 10.5 Å². The van der Waals surface area contributed by atoms with E-state index < -0.39 is 34.1 Å². The van der Waals surface area contributed by atoms with Crippen molar-refractivity contribution in [3.63, 3.8) is 0 Å². The Morgan fingerprint density at radius 1 is 1.24 bits per heavy atom. The lowest BCUT2D eigenvalue weighted by molar-refractivity contribution is -0.149. The van der Waals surface area contributed by atoms with Crippen LogP contribution in [0, 0.1) is 0 Å². The number of fused-ring (bicyclic) bond motifs is 1. The number of sulfonamides is 1. The Labute approximate surface area is 197 Å². The highest BCUT2D eigenvalue weighted by Crippen LogP contribution is 2.33. The van der Waals surface area contributed by atoms with Crippen LogP contribution in [0.4, 0.5) is 4.79 Å². The minimum absolute atomic E-state index is 0.0566. The van der Waals surface area contributed by atoms with Gasteiger partial charge in [-0.2, -0.15) is 0 Å². The van der Waals surface area contributed by atoms with Gasteiger partial charge in [-0.3, -0.25) is 14.5 Å². The standard InChI is InChI=1S/C22H29N5O6S/c1-2-3-11-26-17-8-7-15(34(23,31)32)12-16(17)24-18(26)14-33-19(28)13-27-20(29)22(25-21(27)30)9-5-4-6-10-22/h7-8,12H,2-6,9-11,13-14H2,1H3,(H,25,30)(H2,23,31,32). The zero-order chi connectivity index (χ0) is 24.5. The first-order chi connectivity index (χ1) is 16.1. The van der Waals surface area contributed by atoms with Crippen LogP contribution in [-0.2, 0) is 37.5 Å². The monoisotopic (exact) mass is 491 g/mol. The maximum absolute atomic E-state index is 12.9. The number of hydrogen-bond acceptors (Lipinski definition) is 7. The number of aromatic nitrogens is 2. The summed E-state index contributed by atoms with van der Waals surface area (Å²) in [5, 5.41) is 8.00. The normalized spacial score (nSPS) is 18.0. The number of benzene rings is 1. The SMILES string of the molecule is CCCCn1c(COC(=O)CN2C(=O)NC3(CCCCC3)C2=O)nc2cc(S(N)(=O)=O)ccc21. The number of imidazole rings is 1. The summed E-state index contributed by atoms with van der Waals surface area (Å²) in [7, 11) is -3.89. The molecule has 1 aliphatic heterocycles. The first kappa shape index (κ1) is 24.1. The number of nitrogens with two attached hydrogens (primary N) is 1. The molecule has 1 saturated carbocycles. The van der Waals surface area contributed by atoms with E-state index in [2.05, 4.69) is 10.3 Å². The second-order valence-electron chi connectivity index (χ2n) is 8.85. The number of carbonyl (C=O) groups is 3. The van der Waals surface area contributed by atoms with Crippen molar-refractivity contribution >= 4 is 39.0 Å². The molecule has 1 saturated heterocycles. The summed E-state index contributed by atoms with van der Waals surface area (Å²) in [6.45, 7) is 1.98. The van der Waals surface area contributed by atoms with Gasteiger partial charge in [0.25, 0.3) is 5.91 Å². The van der Waals surface area contributed by atoms with Crippen LogP contribution in [0.1, 0.15) is 57.7 Å². The number of urea groups is 1. The molecule has 2 fully saturated rings. The van der Waals surface area contributed by atoms with E-state index in [-0.39, 0.29) is 17.4 Å². The Morgan fingerprint density at radius 3 is 2.65 bits per heavy atom. The van der Waals surface area contributed by atoms with Crippen molar-refractivity contribution < 1.29 is 27.5 Å². The fraction of sp³-hybridized carbons (Fsp3) is 0.545. The highest BCUT2D eigenvalue weighted by molar-refractivity contribution is 7.89. The van der Waals surface area contributed by atoms with Gasteiger partial charge in [-0.15, -0.1) is 0 Å². The number of imide groups is 1. The molecule has 3 amide bonds. The number of unbranched alkanes of at least 4 members (excludes halogenated alkanes) is 1. The Bertz CT molecular complexity index is 1230. The van der Waals surface area contributed by atoms with Crippen LogP contribution in [0.3, 0.4) is 0 Å². The first-order valence-corrected chi connectivity index (χ1v) is 13.0. The summed E-state index contributed by atoms with van der Waals surface area (Å²) < 4.78 is 30.6. The summed E-state index contributed by atoms with van der Waals surface area (Å²) >= 11 is 0. The third kappa shape index (κ3) is 4.64. The van der Waals surface area contributed by atoms with E-state index in [9.17, 15) is 22.8 Å². The predicted molar refractivity (Wildman–Crippen MR) is 122 cm³/mol. The summed E-state index contributed by atoms with van der Waals surface area (Å²) in [6.07, 6.45) is 5.63. The topological polar surface area (TPSA) is 154 Å². The van der Waals surface area contributed by atoms with E-state index in [0.29, 0.717) is 36.2 Å². The molecule has 1 aromatic heterocycles. The molecular formula is C22H29N5O6S. The molecule has 0 radical (unpaired) electrons. The quantitative estimate of drug-likeness (QED) is 0.421. The molecule has 1 aliphatic carbocycles. The van der Waals surface area contributed by atoms with Gasteiger partial charge in [0.15, 0.2) is 0 Å². The summed E-state index contributed by atoms with van der Waals surface area (Å²) in [5.41, 5.74) is 0.215. The van der Waals surface area contributed by atoms with Crippen molar-refractivity contribution in [3.8, 4) is 0 Å². The minimum Gasteiger partial charge on any atom is -0.456 e. The van der Waals surface area contributed by atoms with Gasteiger partial charge in [-0.05, 0) is 37.5 Å². The third-order valence-corrected chi connectivity index (χ3v) is 7.38. The average Bonchev–Trinajstić information content (AvgIpc) is 3.25. The molecule has 0 unspecified atom stereocenters. The molecule has 4 rings (SSSR count). The van der Waals surface area contributed by atoms with Gasteiger partial charge >= 0.3 is 12.0 Å². The number of nitrogens with one attached hydrogen (secondary N) is 1. The molecule has 0 atom stereocenters. The minimum atomic E-state index is -3.89. The van der Waals surface area contributed by atoms with Gasteiger partial charge in [-0.25, -0.2) is 23.3 Å². The van der Waals surface area contributed by atoms with Crippen LogP contribution in [0.2, 0.25) is 0 Å². The van der Waals surface area contributed by atoms with Gasteiger partial charge < -0.3 is 14.6 Å². The molecule has 3 N–H and O–H groups in total. The zero-order valence-corrected chi connectivity index (χ0v) is 19.9. The number of aryl methyl sites for hydroxylation is 1. The van der Waals surface area contributed by atoms with Gasteiger partial charge in [0, 0.05) is 6.54 Å². The third-order valence-electron chi connectivity index (χ3n) is 6.47. The smallest absolute Gasteiger partial charge is 0.326 e. The van der Waals surface area contributed by atoms with Crippen LogP contribution >= 0.6 is 0 Å². The molecule has 1 aromatic carbocycles. The molecule has 11 nitrogen and oxygen atoms in total. The van der Waals surface area contributed by atoms with E-state index >= 15 is 0 Å². The van der Waals surface area contributed by atoms with Crippen LogP contribution in [0.25, 0.3) is 11.0 Å². The van der Waals surface area contributed by atoms with E-state index in [4.69, 9.17) is 9.88 Å². The molecule has 2 heterocycles. The Balaban J connectivity index is 1.48. The van der Waals surface area contributed by atoms with Crippen molar-refractivity contribution in [2.75, 3.05) is 6.54 Å². The Hall–Kier alpha value is -2.99. The van der Waals surface area contributed by atoms with Crippen molar-refractivity contribution in [3.05, 3.63) is 24.0 Å². The highest BCUT2D eigenvalue weighted by Gasteiger charge is 2.51. The first-order valence-electron chi connectivity index (χ1n) is 11.5. The lowest BCUT2D eigenvalue weighted by Crippen LogP contribution is -2.48. The van der Waals surface area contributed by atoms with Crippen molar-refractivity contribution in [2.45, 2.75) is 75.5 Å². The summed E-state index contributed by atoms with van der Waals surface area (Å²) in [5.74, 6) is -0.667. The maximum Gasteiger partial charge on any atom is 0.326 e. The number of nitrogens with zero attached hydrogens (tertiary/aromatic N) is 3. The number of hydrogen-bond donors (Lipinski definition) is 2. The maximum atomic E-state index is 12.9. The van der Waals surface area contributed by atoms with Crippen LogP contribution in [-0.4, -0.2) is 52.9 Å². The number of esters is 1. The van der Waals surface area contributed by atoms with Gasteiger partial charge in [0.2, 0.25) is 10.0 Å². The highest BCUT2D eigenvalue weighted by atomic mass is 32.2. The van der Waals surface area contributed by atoms with E-state index in [0.717, 1.165) is 37.0 Å². The molecular weight excluding hydrogens is 462 g/mol. The largest absolute Gasteiger partial charge is 0.456 e. The lowest BCUT2D eigenvalue weighted by atomic mass is 9.82. The molecule has 0 bridgehead atoms. The second kappa shape index (κ2) is 9.34. The summed E-state index contributed by atoms with van der Waals surface area (Å²) in [6, 6.07) is 3.85. The number of rotatable bonds is 8. The fourth-order valence-electron chi connectivity index (χ4n) is 4.65. The molecule has 184 valence electrons. The summed E-state index contributed by atoms with van der Waals surface area (Å²) in [4.78, 5) is 43.1. The van der Waals surface area contributed by atoms with Crippen LogP contribution in [0.15, 0.2) is 23.1 Å². The van der Waals surface area contributed by atoms with Gasteiger partial charge in [-0.1, -0.05) is 32.6 Å². The fourth-order valence-corrected chi connectivity index (χ4v) is 5.18. The van der Waals surface area contributed by atoms with Crippen molar-refractivity contribution in [1.29, 1.82) is 0 Å². The van der Waals surface area contributed by atoms with E-state index in [1.54, 1.807) is 6.07 Å². The number of primary sulfonamides is 1. The molecule has 34 heavy (non-hydrogen) atoms. The number of ether oxygens (including phenoxy) is 1. The Kier molecular flexibility index (Phi) is 6.63. The molecule has 2 aliphatic rings. The molecule has 1 spiro atoms. The van der Waals surface area contributed by atoms with Gasteiger partial charge in [0.05, 0.1) is 15.9 Å².